The largest absolute Gasteiger partial charge is 2.00 e. The summed E-state index contributed by atoms with van der Waals surface area (Å²) in [5, 5.41) is 19.1. The molecule has 0 aliphatic carbocycles. The molecule has 1 radical (unpaired) electrons. The first-order valence-corrected chi connectivity index (χ1v) is 6.59. The SMILES string of the molecule is CC(C)[O-].CC(C)[O-].CCOC(C)=O.CCOC(C)=O.[Al+2]. The molecule has 0 aromatic heterocycles. The van der Waals surface area contributed by atoms with Gasteiger partial charge >= 0.3 is 29.3 Å². The number of hydrogen-bond donors (Lipinski definition) is 0. The van der Waals surface area contributed by atoms with Crippen molar-refractivity contribution in [2.75, 3.05) is 13.2 Å². The Labute approximate surface area is 140 Å². The summed E-state index contributed by atoms with van der Waals surface area (Å²) in [6, 6.07) is 0. The number of carbonyl (C=O) groups is 2. The Bertz CT molecular complexity index is 180. The molecule has 21 heavy (non-hydrogen) atoms. The Hall–Kier alpha value is -0.608. The Morgan fingerprint density at radius 2 is 0.952 bits per heavy atom. The van der Waals surface area contributed by atoms with Crippen LogP contribution in [0.4, 0.5) is 0 Å². The van der Waals surface area contributed by atoms with Crippen LogP contribution in [0.25, 0.3) is 0 Å². The molecule has 0 N–H and O–H groups in total. The fourth-order valence-electron chi connectivity index (χ4n) is 0.407. The molecule has 0 aromatic rings. The molecule has 0 heterocycles. The van der Waals surface area contributed by atoms with Crippen LogP contribution in [0.1, 0.15) is 55.4 Å². The Balaban J connectivity index is -0.0000000544. The molecule has 7 heteroatoms. The van der Waals surface area contributed by atoms with Crippen LogP contribution in [0.2, 0.25) is 0 Å². The summed E-state index contributed by atoms with van der Waals surface area (Å²) >= 11 is 0. The maximum absolute atomic E-state index is 9.82. The van der Waals surface area contributed by atoms with Gasteiger partial charge in [-0.2, -0.15) is 0 Å². The summed E-state index contributed by atoms with van der Waals surface area (Å²) in [6.07, 6.45) is -0.833. The molecule has 0 saturated carbocycles. The van der Waals surface area contributed by atoms with E-state index in [1.807, 2.05) is 0 Å². The third kappa shape index (κ3) is 202. The van der Waals surface area contributed by atoms with E-state index in [2.05, 4.69) is 9.47 Å². The zero-order chi connectivity index (χ0) is 17.1. The quantitative estimate of drug-likeness (QED) is 0.535. The van der Waals surface area contributed by atoms with E-state index in [1.54, 1.807) is 41.5 Å². The van der Waals surface area contributed by atoms with E-state index in [-0.39, 0.29) is 29.3 Å². The van der Waals surface area contributed by atoms with Crippen molar-refractivity contribution < 1.29 is 29.3 Å². The Morgan fingerprint density at radius 3 is 0.952 bits per heavy atom. The first-order valence-electron chi connectivity index (χ1n) is 6.59. The van der Waals surface area contributed by atoms with Gasteiger partial charge in [0, 0.05) is 13.8 Å². The van der Waals surface area contributed by atoms with Crippen molar-refractivity contribution in [2.24, 2.45) is 0 Å². The van der Waals surface area contributed by atoms with Crippen LogP contribution in [0.15, 0.2) is 0 Å². The number of carbonyl (C=O) groups excluding carboxylic acids is 2. The summed E-state index contributed by atoms with van der Waals surface area (Å²) in [6.45, 7) is 13.8. The molecular formula is C14H30AlO6. The molecule has 0 aliphatic rings. The topological polar surface area (TPSA) is 98.7 Å². The summed E-state index contributed by atoms with van der Waals surface area (Å²) in [5.41, 5.74) is 0. The molecule has 0 amide bonds. The van der Waals surface area contributed by atoms with Crippen LogP contribution in [0, 0.1) is 0 Å². The summed E-state index contributed by atoms with van der Waals surface area (Å²) in [7, 11) is 0. The van der Waals surface area contributed by atoms with Gasteiger partial charge in [0.05, 0.1) is 13.2 Å². The minimum atomic E-state index is -0.417. The third-order valence-corrected chi connectivity index (χ3v) is 0.695. The van der Waals surface area contributed by atoms with Gasteiger partial charge in [0.2, 0.25) is 0 Å². The smallest absolute Gasteiger partial charge is 0.852 e. The second kappa shape index (κ2) is 27.7. The van der Waals surface area contributed by atoms with Crippen molar-refractivity contribution in [3.63, 3.8) is 0 Å². The summed E-state index contributed by atoms with van der Waals surface area (Å²) in [5.74, 6) is -0.421. The predicted octanol–water partition coefficient (Wildman–Crippen LogP) is 0.268. The fraction of sp³-hybridized carbons (Fsp3) is 0.857. The van der Waals surface area contributed by atoms with Gasteiger partial charge in [-0.25, -0.2) is 0 Å². The number of rotatable bonds is 2. The van der Waals surface area contributed by atoms with Gasteiger partial charge in [-0.3, -0.25) is 9.59 Å². The molecule has 0 unspecified atom stereocenters. The normalized spacial score (nSPS) is 7.81. The monoisotopic (exact) mass is 321 g/mol. The van der Waals surface area contributed by atoms with Gasteiger partial charge < -0.3 is 19.7 Å². The average Bonchev–Trinajstić information content (AvgIpc) is 2.15. The standard InChI is InChI=1S/2C4H8O2.2C3H7O.Al/c2*1-3-6-4(2)5;2*1-3(2)4;/h2*3H2,1-2H3;2*3H,1-2H3;/q;;2*-1;+2. The molecule has 0 rings (SSSR count). The number of hydrogen-bond acceptors (Lipinski definition) is 6. The summed E-state index contributed by atoms with van der Waals surface area (Å²) in [4.78, 5) is 19.6. The van der Waals surface area contributed by atoms with Crippen molar-refractivity contribution >= 4 is 29.3 Å². The zero-order valence-corrected chi connectivity index (χ0v) is 15.8. The average molecular weight is 321 g/mol. The number of ether oxygens (including phenoxy) is 2. The Morgan fingerprint density at radius 1 is 0.810 bits per heavy atom. The van der Waals surface area contributed by atoms with E-state index in [0.717, 1.165) is 0 Å². The second-order valence-electron chi connectivity index (χ2n) is 3.95. The molecule has 0 spiro atoms. The van der Waals surface area contributed by atoms with Crippen LogP contribution in [-0.2, 0) is 19.1 Å². The van der Waals surface area contributed by atoms with Crippen LogP contribution < -0.4 is 10.2 Å². The zero-order valence-electron chi connectivity index (χ0n) is 14.6. The third-order valence-electron chi connectivity index (χ3n) is 0.695. The van der Waals surface area contributed by atoms with Crippen molar-refractivity contribution in [3.05, 3.63) is 0 Å². The second-order valence-corrected chi connectivity index (χ2v) is 3.95. The molecule has 0 atom stereocenters. The first kappa shape index (κ1) is 32.4. The van der Waals surface area contributed by atoms with E-state index >= 15 is 0 Å². The van der Waals surface area contributed by atoms with Crippen molar-refractivity contribution in [1.29, 1.82) is 0 Å². The van der Waals surface area contributed by atoms with Crippen LogP contribution >= 0.6 is 0 Å². The van der Waals surface area contributed by atoms with Gasteiger partial charge in [-0.05, 0) is 13.8 Å². The van der Waals surface area contributed by atoms with Crippen LogP contribution in [-0.4, -0.2) is 54.7 Å². The molecule has 0 saturated heterocycles. The maximum atomic E-state index is 9.82. The van der Waals surface area contributed by atoms with Gasteiger partial charge in [-0.15, -0.1) is 12.2 Å². The molecule has 125 valence electrons. The first-order chi connectivity index (χ1) is 9.00. The minimum Gasteiger partial charge on any atom is -0.852 e. The number of esters is 2. The fourth-order valence-corrected chi connectivity index (χ4v) is 0.407. The molecule has 0 aliphatic heterocycles. The minimum absolute atomic E-state index is 0. The Kier molecular flexibility index (Phi) is 42.7. The summed E-state index contributed by atoms with van der Waals surface area (Å²) < 4.78 is 8.81. The maximum Gasteiger partial charge on any atom is 2.00 e. The van der Waals surface area contributed by atoms with Crippen LogP contribution in [0.5, 0.6) is 0 Å². The van der Waals surface area contributed by atoms with Crippen molar-refractivity contribution in [1.82, 2.24) is 0 Å². The van der Waals surface area contributed by atoms with E-state index in [1.165, 1.54) is 13.8 Å². The molecular weight excluding hydrogens is 291 g/mol. The van der Waals surface area contributed by atoms with Gasteiger partial charge in [-0.1, -0.05) is 27.7 Å². The van der Waals surface area contributed by atoms with Gasteiger partial charge in [0.25, 0.3) is 0 Å². The van der Waals surface area contributed by atoms with E-state index in [9.17, 15) is 19.8 Å². The van der Waals surface area contributed by atoms with Crippen LogP contribution in [0.3, 0.4) is 0 Å². The predicted molar refractivity (Wildman–Crippen MR) is 80.6 cm³/mol. The van der Waals surface area contributed by atoms with Gasteiger partial charge in [0.1, 0.15) is 0 Å². The van der Waals surface area contributed by atoms with E-state index in [0.29, 0.717) is 13.2 Å². The van der Waals surface area contributed by atoms with E-state index < -0.39 is 12.2 Å². The molecule has 0 bridgehead atoms. The van der Waals surface area contributed by atoms with Gasteiger partial charge in [0.15, 0.2) is 0 Å². The molecule has 0 fully saturated rings. The molecule has 6 nitrogen and oxygen atoms in total. The molecule has 0 aromatic carbocycles. The van der Waals surface area contributed by atoms with Crippen molar-refractivity contribution in [2.45, 2.75) is 67.6 Å². The van der Waals surface area contributed by atoms with Crippen molar-refractivity contribution in [3.8, 4) is 0 Å². The van der Waals surface area contributed by atoms with E-state index in [4.69, 9.17) is 0 Å².